The van der Waals surface area contributed by atoms with Crippen LogP contribution in [0, 0.1) is 0 Å². The molecule has 0 unspecified atom stereocenters. The average molecular weight is 255 g/mol. The normalized spacial score (nSPS) is 12.2. The molecule has 0 fully saturated rings. The van der Waals surface area contributed by atoms with Gasteiger partial charge in [0.05, 0.1) is 0 Å². The molecule has 5 nitrogen and oxygen atoms in total. The zero-order valence-corrected chi connectivity index (χ0v) is 11.3. The standard InChI is InChI=1S/C14H17N5/c1-14(2,3)11-8-12-16-13(18-19(12)17-11)9-4-6-10(15)7-5-9/h4-8,17H,15H2,1-3H3. The lowest BCUT2D eigenvalue weighted by molar-refractivity contribution is 0.557. The van der Waals surface area contributed by atoms with Gasteiger partial charge in [-0.3, -0.25) is 5.10 Å². The number of nitrogen functional groups attached to an aromatic ring is 1. The molecular weight excluding hydrogens is 238 g/mol. The van der Waals surface area contributed by atoms with Gasteiger partial charge >= 0.3 is 0 Å². The van der Waals surface area contributed by atoms with Gasteiger partial charge < -0.3 is 5.73 Å². The lowest BCUT2D eigenvalue weighted by Crippen LogP contribution is -2.12. The molecule has 0 atom stereocenters. The molecule has 0 bridgehead atoms. The van der Waals surface area contributed by atoms with E-state index in [0.717, 1.165) is 22.6 Å². The Morgan fingerprint density at radius 1 is 1.16 bits per heavy atom. The molecule has 0 aliphatic carbocycles. The topological polar surface area (TPSA) is 72.0 Å². The third-order valence-corrected chi connectivity index (χ3v) is 3.11. The SMILES string of the molecule is CC(C)(C)c1cc2nc(-c3ccc(N)cc3)nn2[nH]1. The number of fused-ring (bicyclic) bond motifs is 1. The third-order valence-electron chi connectivity index (χ3n) is 3.11. The number of hydrogen-bond acceptors (Lipinski definition) is 3. The second-order valence-electron chi connectivity index (χ2n) is 5.75. The Morgan fingerprint density at radius 3 is 2.42 bits per heavy atom. The van der Waals surface area contributed by atoms with Gasteiger partial charge in [0, 0.05) is 28.4 Å². The Hall–Kier alpha value is -2.30. The molecule has 1 aromatic carbocycles. The van der Waals surface area contributed by atoms with Crippen molar-refractivity contribution in [2.75, 3.05) is 5.73 Å². The van der Waals surface area contributed by atoms with Crippen LogP contribution in [0.4, 0.5) is 5.69 Å². The number of aromatic nitrogens is 4. The first-order chi connectivity index (χ1) is 8.93. The van der Waals surface area contributed by atoms with E-state index in [4.69, 9.17) is 5.73 Å². The Kier molecular flexibility index (Phi) is 2.38. The molecule has 0 amide bonds. The number of rotatable bonds is 1. The number of nitrogens with two attached hydrogens (primary N) is 1. The summed E-state index contributed by atoms with van der Waals surface area (Å²) in [5.74, 6) is 0.701. The van der Waals surface area contributed by atoms with Gasteiger partial charge in [0.1, 0.15) is 0 Å². The highest BCUT2D eigenvalue weighted by Gasteiger charge is 2.18. The van der Waals surface area contributed by atoms with Crippen LogP contribution < -0.4 is 5.73 Å². The molecular formula is C14H17N5. The number of nitrogens with zero attached hydrogens (tertiary/aromatic N) is 3. The first-order valence-electron chi connectivity index (χ1n) is 6.26. The smallest absolute Gasteiger partial charge is 0.183 e. The van der Waals surface area contributed by atoms with Crippen molar-refractivity contribution in [1.82, 2.24) is 19.8 Å². The van der Waals surface area contributed by atoms with Crippen molar-refractivity contribution in [2.45, 2.75) is 26.2 Å². The van der Waals surface area contributed by atoms with Gasteiger partial charge in [-0.05, 0) is 24.3 Å². The van der Waals surface area contributed by atoms with Crippen molar-refractivity contribution in [3.63, 3.8) is 0 Å². The molecule has 98 valence electrons. The largest absolute Gasteiger partial charge is 0.399 e. The first kappa shape index (κ1) is 11.8. The van der Waals surface area contributed by atoms with Gasteiger partial charge in [-0.25, -0.2) is 4.98 Å². The minimum Gasteiger partial charge on any atom is -0.399 e. The number of anilines is 1. The number of hydrogen-bond donors (Lipinski definition) is 2. The monoisotopic (exact) mass is 255 g/mol. The summed E-state index contributed by atoms with van der Waals surface area (Å²) in [6.45, 7) is 6.46. The van der Waals surface area contributed by atoms with Crippen molar-refractivity contribution in [2.24, 2.45) is 0 Å². The van der Waals surface area contributed by atoms with Crippen LogP contribution in [-0.2, 0) is 5.41 Å². The van der Waals surface area contributed by atoms with Crippen molar-refractivity contribution in [3.05, 3.63) is 36.0 Å². The Morgan fingerprint density at radius 2 is 1.84 bits per heavy atom. The summed E-state index contributed by atoms with van der Waals surface area (Å²) in [6, 6.07) is 9.59. The second-order valence-corrected chi connectivity index (χ2v) is 5.75. The molecule has 0 aliphatic rings. The fraction of sp³-hybridized carbons (Fsp3) is 0.286. The minimum atomic E-state index is 0.0593. The summed E-state index contributed by atoms with van der Waals surface area (Å²) in [6.07, 6.45) is 0. The maximum atomic E-state index is 5.68. The molecule has 0 saturated heterocycles. The quantitative estimate of drug-likeness (QED) is 0.656. The predicted molar refractivity (Wildman–Crippen MR) is 75.9 cm³/mol. The van der Waals surface area contributed by atoms with Crippen LogP contribution in [-0.4, -0.2) is 19.8 Å². The van der Waals surface area contributed by atoms with Crippen LogP contribution in [0.1, 0.15) is 26.5 Å². The van der Waals surface area contributed by atoms with E-state index in [1.807, 2.05) is 30.3 Å². The summed E-state index contributed by atoms with van der Waals surface area (Å²) in [5, 5.41) is 7.71. The van der Waals surface area contributed by atoms with Gasteiger partial charge in [-0.2, -0.15) is 4.63 Å². The van der Waals surface area contributed by atoms with Gasteiger partial charge in [-0.15, -0.1) is 5.10 Å². The van der Waals surface area contributed by atoms with Crippen molar-refractivity contribution in [1.29, 1.82) is 0 Å². The zero-order chi connectivity index (χ0) is 13.6. The molecule has 5 heteroatoms. The van der Waals surface area contributed by atoms with Crippen molar-refractivity contribution >= 4 is 11.3 Å². The van der Waals surface area contributed by atoms with E-state index in [0.29, 0.717) is 5.82 Å². The molecule has 0 radical (unpaired) electrons. The van der Waals surface area contributed by atoms with Gasteiger partial charge in [0.2, 0.25) is 0 Å². The molecule has 3 rings (SSSR count). The molecule has 0 saturated carbocycles. The summed E-state index contributed by atoms with van der Waals surface area (Å²) in [5.41, 5.74) is 9.38. The highest BCUT2D eigenvalue weighted by atomic mass is 15.5. The Balaban J connectivity index is 2.03. The van der Waals surface area contributed by atoms with Crippen LogP contribution in [0.3, 0.4) is 0 Å². The first-order valence-corrected chi connectivity index (χ1v) is 6.26. The molecule has 0 spiro atoms. The lowest BCUT2D eigenvalue weighted by atomic mass is 9.93. The highest BCUT2D eigenvalue weighted by molar-refractivity contribution is 5.61. The number of nitrogens with one attached hydrogen (secondary N) is 1. The number of aromatic amines is 1. The molecule has 19 heavy (non-hydrogen) atoms. The molecule has 3 N–H and O–H groups in total. The van der Waals surface area contributed by atoms with Gasteiger partial charge in [0.15, 0.2) is 11.5 Å². The van der Waals surface area contributed by atoms with Crippen LogP contribution >= 0.6 is 0 Å². The lowest BCUT2D eigenvalue weighted by Gasteiger charge is -2.14. The van der Waals surface area contributed by atoms with Gasteiger partial charge in [0.25, 0.3) is 0 Å². The average Bonchev–Trinajstić information content (AvgIpc) is 2.86. The van der Waals surface area contributed by atoms with E-state index < -0.39 is 0 Å². The minimum absolute atomic E-state index is 0.0593. The van der Waals surface area contributed by atoms with Crippen molar-refractivity contribution < 1.29 is 0 Å². The highest BCUT2D eigenvalue weighted by Crippen LogP contribution is 2.23. The van der Waals surface area contributed by atoms with Crippen molar-refractivity contribution in [3.8, 4) is 11.4 Å². The van der Waals surface area contributed by atoms with Gasteiger partial charge in [-0.1, -0.05) is 20.8 Å². The fourth-order valence-electron chi connectivity index (χ4n) is 1.91. The Labute approximate surface area is 111 Å². The molecule has 2 heterocycles. The van der Waals surface area contributed by atoms with E-state index in [2.05, 4.69) is 36.0 Å². The van der Waals surface area contributed by atoms with E-state index in [1.165, 1.54) is 0 Å². The van der Waals surface area contributed by atoms with Crippen LogP contribution in [0.25, 0.3) is 17.0 Å². The van der Waals surface area contributed by atoms with Crippen LogP contribution in [0.5, 0.6) is 0 Å². The summed E-state index contributed by atoms with van der Waals surface area (Å²) >= 11 is 0. The maximum Gasteiger partial charge on any atom is 0.183 e. The van der Waals surface area contributed by atoms with E-state index in [9.17, 15) is 0 Å². The number of H-pyrrole nitrogens is 1. The second kappa shape index (κ2) is 3.85. The van der Waals surface area contributed by atoms with Crippen LogP contribution in [0.2, 0.25) is 0 Å². The predicted octanol–water partition coefficient (Wildman–Crippen LogP) is 2.60. The molecule has 3 aromatic rings. The van der Waals surface area contributed by atoms with E-state index in [1.54, 1.807) is 4.63 Å². The summed E-state index contributed by atoms with van der Waals surface area (Å²) in [4.78, 5) is 4.53. The third kappa shape index (κ3) is 2.07. The Bertz CT molecular complexity index is 681. The summed E-state index contributed by atoms with van der Waals surface area (Å²) < 4.78 is 1.71. The number of benzene rings is 1. The fourth-order valence-corrected chi connectivity index (χ4v) is 1.91. The maximum absolute atomic E-state index is 5.68. The van der Waals surface area contributed by atoms with E-state index in [-0.39, 0.29) is 5.41 Å². The van der Waals surface area contributed by atoms with Crippen LogP contribution in [0.15, 0.2) is 30.3 Å². The molecule has 0 aliphatic heterocycles. The molecule has 2 aromatic heterocycles. The van der Waals surface area contributed by atoms with E-state index >= 15 is 0 Å². The summed E-state index contributed by atoms with van der Waals surface area (Å²) in [7, 11) is 0. The zero-order valence-electron chi connectivity index (χ0n) is 11.3.